The molecule has 0 aliphatic heterocycles. The highest BCUT2D eigenvalue weighted by molar-refractivity contribution is 7.89. The van der Waals surface area contributed by atoms with Gasteiger partial charge in [0.1, 0.15) is 0 Å². The van der Waals surface area contributed by atoms with Crippen LogP contribution in [0.15, 0.2) is 23.1 Å². The Morgan fingerprint density at radius 2 is 2.09 bits per heavy atom. The molecule has 0 aliphatic rings. The molecule has 23 heavy (non-hydrogen) atoms. The fourth-order valence-corrected chi connectivity index (χ4v) is 3.23. The molecule has 0 aromatic heterocycles. The molecule has 3 N–H and O–H groups in total. The number of ether oxygens (including phenoxy) is 1. The van der Waals surface area contributed by atoms with Crippen molar-refractivity contribution in [2.75, 3.05) is 25.6 Å². The number of hydrogen-bond donors (Lipinski definition) is 3. The van der Waals surface area contributed by atoms with Gasteiger partial charge in [-0.25, -0.2) is 17.9 Å². The second kappa shape index (κ2) is 8.85. The number of hydrogen-bond acceptors (Lipinski definition) is 5. The molecule has 0 bridgehead atoms. The Balaban J connectivity index is 3.01. The summed E-state index contributed by atoms with van der Waals surface area (Å²) in [6, 6.07) is 3.82. The van der Waals surface area contributed by atoms with Crippen LogP contribution < -0.4 is 10.0 Å². The molecule has 1 aromatic carbocycles. The third kappa shape index (κ3) is 5.81. The minimum absolute atomic E-state index is 0.0577. The van der Waals surface area contributed by atoms with Crippen LogP contribution in [0.4, 0.5) is 5.69 Å². The van der Waals surface area contributed by atoms with Crippen LogP contribution in [-0.4, -0.2) is 45.8 Å². The summed E-state index contributed by atoms with van der Waals surface area (Å²) in [5, 5.41) is 12.3. The van der Waals surface area contributed by atoms with Crippen LogP contribution in [0.3, 0.4) is 0 Å². The highest BCUT2D eigenvalue weighted by Crippen LogP contribution is 2.21. The van der Waals surface area contributed by atoms with Crippen molar-refractivity contribution in [3.63, 3.8) is 0 Å². The minimum atomic E-state index is -3.73. The lowest BCUT2D eigenvalue weighted by atomic mass is 10.2. The Hall–Kier alpha value is -1.64. The summed E-state index contributed by atoms with van der Waals surface area (Å²) in [6.45, 7) is 4.70. The van der Waals surface area contributed by atoms with Crippen molar-refractivity contribution in [2.45, 2.75) is 37.6 Å². The number of nitrogens with one attached hydrogen (secondary N) is 2. The maximum absolute atomic E-state index is 12.2. The Morgan fingerprint density at radius 1 is 1.39 bits per heavy atom. The molecule has 0 heterocycles. The van der Waals surface area contributed by atoms with Gasteiger partial charge in [0.2, 0.25) is 10.0 Å². The summed E-state index contributed by atoms with van der Waals surface area (Å²) in [6.07, 6.45) is 1.36. The third-order valence-electron chi connectivity index (χ3n) is 3.34. The lowest BCUT2D eigenvalue weighted by Crippen LogP contribution is -2.32. The number of aromatic carboxylic acids is 1. The molecular formula is C15H24N2O5S. The highest BCUT2D eigenvalue weighted by Gasteiger charge is 2.20. The molecule has 1 aromatic rings. The van der Waals surface area contributed by atoms with E-state index in [0.29, 0.717) is 31.7 Å². The van der Waals surface area contributed by atoms with E-state index >= 15 is 0 Å². The van der Waals surface area contributed by atoms with Gasteiger partial charge >= 0.3 is 5.97 Å². The Bertz CT molecular complexity index is 631. The Labute approximate surface area is 137 Å². The maximum atomic E-state index is 12.2. The molecule has 0 radical (unpaired) electrons. The van der Waals surface area contributed by atoms with E-state index in [4.69, 9.17) is 4.74 Å². The maximum Gasteiger partial charge on any atom is 0.337 e. The largest absolute Gasteiger partial charge is 0.478 e. The van der Waals surface area contributed by atoms with Gasteiger partial charge in [-0.2, -0.15) is 0 Å². The average molecular weight is 344 g/mol. The van der Waals surface area contributed by atoms with E-state index in [1.165, 1.54) is 18.2 Å². The molecule has 0 saturated heterocycles. The summed E-state index contributed by atoms with van der Waals surface area (Å²) in [4.78, 5) is 11.3. The molecule has 0 amide bonds. The van der Waals surface area contributed by atoms with E-state index in [2.05, 4.69) is 10.0 Å². The molecule has 0 spiro atoms. The van der Waals surface area contributed by atoms with Gasteiger partial charge in [-0.05, 0) is 38.0 Å². The van der Waals surface area contributed by atoms with Gasteiger partial charge in [0.25, 0.3) is 0 Å². The molecule has 0 saturated carbocycles. The second-order valence-corrected chi connectivity index (χ2v) is 6.93. The van der Waals surface area contributed by atoms with Gasteiger partial charge in [0.05, 0.1) is 10.5 Å². The molecule has 0 fully saturated rings. The van der Waals surface area contributed by atoms with Crippen LogP contribution in [0, 0.1) is 0 Å². The monoisotopic (exact) mass is 344 g/mol. The number of rotatable bonds is 10. The first kappa shape index (κ1) is 19.4. The predicted molar refractivity (Wildman–Crippen MR) is 88.5 cm³/mol. The number of sulfonamides is 1. The van der Waals surface area contributed by atoms with Crippen LogP contribution in [0.5, 0.6) is 0 Å². The highest BCUT2D eigenvalue weighted by atomic mass is 32.2. The summed E-state index contributed by atoms with van der Waals surface area (Å²) in [7, 11) is -2.14. The second-order valence-electron chi connectivity index (χ2n) is 5.22. The lowest BCUT2D eigenvalue weighted by molar-refractivity contribution is 0.0697. The summed E-state index contributed by atoms with van der Waals surface area (Å²) < 4.78 is 31.9. The van der Waals surface area contributed by atoms with E-state index in [1.54, 1.807) is 14.0 Å². The van der Waals surface area contributed by atoms with Crippen LogP contribution in [0.1, 0.15) is 37.0 Å². The van der Waals surface area contributed by atoms with E-state index in [1.807, 2.05) is 6.92 Å². The number of anilines is 1. The van der Waals surface area contributed by atoms with Gasteiger partial charge in [-0.3, -0.25) is 0 Å². The summed E-state index contributed by atoms with van der Waals surface area (Å²) in [5.41, 5.74) is 0.311. The molecule has 8 heteroatoms. The van der Waals surface area contributed by atoms with Gasteiger partial charge in [-0.15, -0.1) is 0 Å². The first-order valence-corrected chi connectivity index (χ1v) is 8.92. The summed E-state index contributed by atoms with van der Waals surface area (Å²) >= 11 is 0. The quantitative estimate of drug-likeness (QED) is 0.560. The average Bonchev–Trinajstić information content (AvgIpc) is 2.50. The van der Waals surface area contributed by atoms with Gasteiger partial charge in [0.15, 0.2) is 0 Å². The fraction of sp³-hybridized carbons (Fsp3) is 0.533. The van der Waals surface area contributed by atoms with Crippen LogP contribution >= 0.6 is 0 Å². The van der Waals surface area contributed by atoms with Gasteiger partial charge < -0.3 is 15.2 Å². The van der Waals surface area contributed by atoms with E-state index in [0.717, 1.165) is 0 Å². The smallest absolute Gasteiger partial charge is 0.337 e. The number of carbonyl (C=O) groups is 1. The SMILES string of the molecule is CC[C@H](C)NS(=O)(=O)c1ccc(NCCCOC)c(C(=O)O)c1. The van der Waals surface area contributed by atoms with E-state index in [-0.39, 0.29) is 16.5 Å². The number of methoxy groups -OCH3 is 1. The van der Waals surface area contributed by atoms with Crippen LogP contribution in [-0.2, 0) is 14.8 Å². The van der Waals surface area contributed by atoms with Crippen molar-refractivity contribution in [1.29, 1.82) is 0 Å². The van der Waals surface area contributed by atoms with Crippen molar-refractivity contribution in [3.8, 4) is 0 Å². The van der Waals surface area contributed by atoms with Crippen molar-refractivity contribution < 1.29 is 23.1 Å². The van der Waals surface area contributed by atoms with E-state index < -0.39 is 16.0 Å². The standard InChI is InChI=1S/C15H24N2O5S/c1-4-11(2)17-23(20,21)12-6-7-14(13(10-12)15(18)19)16-8-5-9-22-3/h6-7,10-11,16-17H,4-5,8-9H2,1-3H3,(H,18,19)/t11-/m0/s1. The lowest BCUT2D eigenvalue weighted by Gasteiger charge is -2.14. The van der Waals surface area contributed by atoms with Crippen molar-refractivity contribution in [2.24, 2.45) is 0 Å². The van der Waals surface area contributed by atoms with Crippen LogP contribution in [0.25, 0.3) is 0 Å². The minimum Gasteiger partial charge on any atom is -0.478 e. The topological polar surface area (TPSA) is 105 Å². The zero-order valence-corrected chi connectivity index (χ0v) is 14.4. The molecule has 7 nitrogen and oxygen atoms in total. The zero-order chi connectivity index (χ0) is 17.5. The molecule has 130 valence electrons. The molecule has 1 rings (SSSR count). The molecule has 0 aliphatic carbocycles. The zero-order valence-electron chi connectivity index (χ0n) is 13.6. The third-order valence-corrected chi connectivity index (χ3v) is 4.93. The number of benzene rings is 1. The van der Waals surface area contributed by atoms with Crippen molar-refractivity contribution in [1.82, 2.24) is 4.72 Å². The van der Waals surface area contributed by atoms with Crippen molar-refractivity contribution >= 4 is 21.7 Å². The molecule has 1 atom stereocenters. The van der Waals surface area contributed by atoms with Gasteiger partial charge in [-0.1, -0.05) is 6.92 Å². The normalized spacial score (nSPS) is 12.8. The Kier molecular flexibility index (Phi) is 7.47. The first-order chi connectivity index (χ1) is 10.8. The van der Waals surface area contributed by atoms with Crippen molar-refractivity contribution in [3.05, 3.63) is 23.8 Å². The Morgan fingerprint density at radius 3 is 2.65 bits per heavy atom. The molecule has 0 unspecified atom stereocenters. The van der Waals surface area contributed by atoms with Crippen LogP contribution in [0.2, 0.25) is 0 Å². The number of carboxylic acids is 1. The first-order valence-electron chi connectivity index (χ1n) is 7.44. The fourth-order valence-electron chi connectivity index (χ4n) is 1.88. The number of carboxylic acid groups (broad SMARTS) is 1. The van der Waals surface area contributed by atoms with E-state index in [9.17, 15) is 18.3 Å². The van der Waals surface area contributed by atoms with Gasteiger partial charge in [0, 0.05) is 32.0 Å². The summed E-state index contributed by atoms with van der Waals surface area (Å²) in [5.74, 6) is -1.18. The predicted octanol–water partition coefficient (Wildman–Crippen LogP) is 1.91. The molecular weight excluding hydrogens is 320 g/mol.